The molecule has 0 radical (unpaired) electrons. The van der Waals surface area contributed by atoms with Crippen molar-refractivity contribution in [1.82, 2.24) is 5.32 Å². The highest BCUT2D eigenvalue weighted by Gasteiger charge is 2.16. The maximum atomic E-state index is 5.67. The Morgan fingerprint density at radius 2 is 2.12 bits per heavy atom. The van der Waals surface area contributed by atoms with Crippen molar-refractivity contribution in [3.05, 3.63) is 47.2 Å². The Morgan fingerprint density at radius 1 is 1.24 bits per heavy atom. The van der Waals surface area contributed by atoms with Gasteiger partial charge < -0.3 is 9.73 Å². The molecule has 0 saturated carbocycles. The summed E-state index contributed by atoms with van der Waals surface area (Å²) in [6, 6.07) is 11.2. The van der Waals surface area contributed by atoms with Gasteiger partial charge in [0.15, 0.2) is 0 Å². The summed E-state index contributed by atoms with van der Waals surface area (Å²) in [4.78, 5) is 0. The summed E-state index contributed by atoms with van der Waals surface area (Å²) in [6.45, 7) is 5.26. The first-order valence-electron chi connectivity index (χ1n) is 6.17. The number of nitrogens with one attached hydrogen (secondary N) is 1. The van der Waals surface area contributed by atoms with Crippen molar-refractivity contribution in [1.29, 1.82) is 0 Å². The van der Waals surface area contributed by atoms with E-state index in [9.17, 15) is 0 Å². The molecular weight excluding hydrogens is 210 g/mol. The molecule has 1 aliphatic heterocycles. The maximum absolute atomic E-state index is 5.67. The molecule has 2 nitrogen and oxygen atoms in total. The van der Waals surface area contributed by atoms with E-state index in [-0.39, 0.29) is 0 Å². The van der Waals surface area contributed by atoms with Crippen LogP contribution in [0.4, 0.5) is 0 Å². The minimum atomic E-state index is 0.464. The van der Waals surface area contributed by atoms with Crippen LogP contribution in [0.2, 0.25) is 0 Å². The zero-order chi connectivity index (χ0) is 11.8. The maximum Gasteiger partial charge on any atom is 0.134 e. The van der Waals surface area contributed by atoms with Crippen LogP contribution in [0.1, 0.15) is 29.9 Å². The van der Waals surface area contributed by atoms with E-state index >= 15 is 0 Å². The van der Waals surface area contributed by atoms with Crippen molar-refractivity contribution in [3.63, 3.8) is 0 Å². The fourth-order valence-electron chi connectivity index (χ4n) is 2.52. The second-order valence-electron chi connectivity index (χ2n) is 4.75. The molecule has 1 unspecified atom stereocenters. The molecule has 2 heteroatoms. The normalized spacial score (nSPS) is 19.1. The first-order valence-corrected chi connectivity index (χ1v) is 6.17. The minimum absolute atomic E-state index is 0.464. The lowest BCUT2D eigenvalue weighted by Crippen LogP contribution is -2.27. The molecule has 88 valence electrons. The van der Waals surface area contributed by atoms with Gasteiger partial charge in [-0.1, -0.05) is 12.1 Å². The summed E-state index contributed by atoms with van der Waals surface area (Å²) in [5.74, 6) is 1.93. The van der Waals surface area contributed by atoms with Gasteiger partial charge in [0.2, 0.25) is 0 Å². The molecule has 17 heavy (non-hydrogen) atoms. The molecule has 2 aromatic rings. The third-order valence-corrected chi connectivity index (χ3v) is 3.48. The predicted molar refractivity (Wildman–Crippen MR) is 69.0 cm³/mol. The molecule has 1 atom stereocenters. The molecule has 3 rings (SSSR count). The van der Waals surface area contributed by atoms with Crippen molar-refractivity contribution in [2.75, 3.05) is 6.54 Å². The Labute approximate surface area is 102 Å². The Hall–Kier alpha value is -1.54. The summed E-state index contributed by atoms with van der Waals surface area (Å²) in [5.41, 5.74) is 4.05. The summed E-state index contributed by atoms with van der Waals surface area (Å²) in [7, 11) is 0. The average molecular weight is 227 g/mol. The topological polar surface area (TPSA) is 25.2 Å². The van der Waals surface area contributed by atoms with E-state index in [2.05, 4.69) is 30.4 Å². The molecular formula is C15H17NO. The fourth-order valence-corrected chi connectivity index (χ4v) is 2.52. The molecule has 0 aliphatic carbocycles. The van der Waals surface area contributed by atoms with Gasteiger partial charge in [0, 0.05) is 11.6 Å². The monoisotopic (exact) mass is 227 g/mol. The number of hydrogen-bond donors (Lipinski definition) is 1. The summed E-state index contributed by atoms with van der Waals surface area (Å²) in [6.07, 6.45) is 1.10. The van der Waals surface area contributed by atoms with Crippen LogP contribution < -0.4 is 5.32 Å². The fraction of sp³-hybridized carbons (Fsp3) is 0.333. The highest BCUT2D eigenvalue weighted by Crippen LogP contribution is 2.29. The van der Waals surface area contributed by atoms with E-state index in [1.54, 1.807) is 0 Å². The average Bonchev–Trinajstić information content (AvgIpc) is 2.76. The second kappa shape index (κ2) is 4.04. The number of rotatable bonds is 1. The van der Waals surface area contributed by atoms with E-state index < -0.39 is 0 Å². The van der Waals surface area contributed by atoms with Crippen LogP contribution in [0, 0.1) is 6.92 Å². The van der Waals surface area contributed by atoms with E-state index in [1.165, 1.54) is 16.7 Å². The molecule has 1 aromatic heterocycles. The number of fused-ring (bicyclic) bond motifs is 1. The number of hydrogen-bond acceptors (Lipinski definition) is 2. The first-order chi connectivity index (χ1) is 8.24. The number of aryl methyl sites for hydroxylation is 1. The van der Waals surface area contributed by atoms with Crippen LogP contribution >= 0.6 is 0 Å². The summed E-state index contributed by atoms with van der Waals surface area (Å²) < 4.78 is 5.67. The van der Waals surface area contributed by atoms with Crippen LogP contribution in [-0.4, -0.2) is 6.54 Å². The molecule has 2 heterocycles. The van der Waals surface area contributed by atoms with Crippen molar-refractivity contribution >= 4 is 0 Å². The van der Waals surface area contributed by atoms with Crippen LogP contribution in [0.3, 0.4) is 0 Å². The third-order valence-electron chi connectivity index (χ3n) is 3.48. The lowest BCUT2D eigenvalue weighted by molar-refractivity contribution is 0.538. The molecule has 0 bridgehead atoms. The standard InChI is InChI=1S/C15H17NO/c1-10-3-6-15(17-10)13-4-5-14-11(2)16-8-7-12(14)9-13/h3-6,9,11,16H,7-8H2,1-2H3. The minimum Gasteiger partial charge on any atom is -0.461 e. The van der Waals surface area contributed by atoms with Gasteiger partial charge in [-0.25, -0.2) is 0 Å². The van der Waals surface area contributed by atoms with E-state index in [0.29, 0.717) is 6.04 Å². The van der Waals surface area contributed by atoms with E-state index in [0.717, 1.165) is 24.5 Å². The molecule has 1 aliphatic rings. The van der Waals surface area contributed by atoms with Gasteiger partial charge in [-0.3, -0.25) is 0 Å². The van der Waals surface area contributed by atoms with Gasteiger partial charge in [0.05, 0.1) is 0 Å². The smallest absolute Gasteiger partial charge is 0.134 e. The Bertz CT molecular complexity index is 542. The third kappa shape index (κ3) is 1.89. The van der Waals surface area contributed by atoms with Gasteiger partial charge >= 0.3 is 0 Å². The second-order valence-corrected chi connectivity index (χ2v) is 4.75. The van der Waals surface area contributed by atoms with Gasteiger partial charge in [-0.05, 0) is 56.1 Å². The quantitative estimate of drug-likeness (QED) is 0.807. The van der Waals surface area contributed by atoms with Gasteiger partial charge in [0.1, 0.15) is 11.5 Å². The van der Waals surface area contributed by atoms with E-state index in [1.807, 2.05) is 19.1 Å². The molecule has 0 spiro atoms. The largest absolute Gasteiger partial charge is 0.461 e. The Kier molecular flexibility index (Phi) is 2.52. The summed E-state index contributed by atoms with van der Waals surface area (Å²) >= 11 is 0. The number of benzene rings is 1. The zero-order valence-corrected chi connectivity index (χ0v) is 10.3. The summed E-state index contributed by atoms with van der Waals surface area (Å²) in [5, 5.41) is 3.48. The SMILES string of the molecule is Cc1ccc(-c2ccc3c(c2)CCNC3C)o1. The zero-order valence-electron chi connectivity index (χ0n) is 10.3. The first kappa shape index (κ1) is 10.6. The van der Waals surface area contributed by atoms with Crippen LogP contribution in [0.15, 0.2) is 34.7 Å². The van der Waals surface area contributed by atoms with E-state index in [4.69, 9.17) is 4.42 Å². The Morgan fingerprint density at radius 3 is 2.88 bits per heavy atom. The van der Waals surface area contributed by atoms with Crippen LogP contribution in [0.5, 0.6) is 0 Å². The number of furan rings is 1. The van der Waals surface area contributed by atoms with Gasteiger partial charge in [-0.2, -0.15) is 0 Å². The molecule has 0 amide bonds. The van der Waals surface area contributed by atoms with Crippen molar-refractivity contribution in [3.8, 4) is 11.3 Å². The molecule has 0 saturated heterocycles. The van der Waals surface area contributed by atoms with Crippen LogP contribution in [-0.2, 0) is 6.42 Å². The van der Waals surface area contributed by atoms with Crippen molar-refractivity contribution in [2.24, 2.45) is 0 Å². The highest BCUT2D eigenvalue weighted by atomic mass is 16.3. The lowest BCUT2D eigenvalue weighted by atomic mass is 9.93. The van der Waals surface area contributed by atoms with Crippen molar-refractivity contribution in [2.45, 2.75) is 26.3 Å². The van der Waals surface area contributed by atoms with Gasteiger partial charge in [-0.15, -0.1) is 0 Å². The highest BCUT2D eigenvalue weighted by molar-refractivity contribution is 5.60. The van der Waals surface area contributed by atoms with Crippen LogP contribution in [0.25, 0.3) is 11.3 Å². The van der Waals surface area contributed by atoms with Crippen molar-refractivity contribution < 1.29 is 4.42 Å². The lowest BCUT2D eigenvalue weighted by Gasteiger charge is -2.24. The molecule has 1 aromatic carbocycles. The van der Waals surface area contributed by atoms with Gasteiger partial charge in [0.25, 0.3) is 0 Å². The molecule has 0 fully saturated rings. The Balaban J connectivity index is 2.03. The predicted octanol–water partition coefficient (Wildman–Crippen LogP) is 3.46. The molecule has 1 N–H and O–H groups in total.